The zero-order valence-corrected chi connectivity index (χ0v) is 13.2. The minimum atomic E-state index is 0.343. The Labute approximate surface area is 125 Å². The summed E-state index contributed by atoms with van der Waals surface area (Å²) < 4.78 is 5.67. The average molecular weight is 280 g/mol. The van der Waals surface area contributed by atoms with Crippen LogP contribution in [0.3, 0.4) is 0 Å². The van der Waals surface area contributed by atoms with Gasteiger partial charge in [-0.3, -0.25) is 0 Å². The van der Waals surface area contributed by atoms with E-state index in [0.717, 1.165) is 25.2 Å². The van der Waals surface area contributed by atoms with Gasteiger partial charge in [0, 0.05) is 6.61 Å². The van der Waals surface area contributed by atoms with Crippen LogP contribution in [0.1, 0.15) is 64.7 Å². The average Bonchev–Trinajstić information content (AvgIpc) is 2.48. The summed E-state index contributed by atoms with van der Waals surface area (Å²) in [7, 11) is 0. The van der Waals surface area contributed by atoms with Crippen LogP contribution in [0.15, 0.2) is 36.6 Å². The number of aliphatic hydroxyl groups excluding tert-OH is 1. The van der Waals surface area contributed by atoms with Crippen molar-refractivity contribution in [3.63, 3.8) is 0 Å². The Hall–Kier alpha value is -1.02. The van der Waals surface area contributed by atoms with Crippen molar-refractivity contribution in [2.75, 3.05) is 13.2 Å². The van der Waals surface area contributed by atoms with Crippen molar-refractivity contribution in [2.45, 2.75) is 64.7 Å². The molecule has 0 atom stereocenters. The van der Waals surface area contributed by atoms with E-state index in [0.29, 0.717) is 6.61 Å². The number of hydrogen-bond acceptors (Lipinski definition) is 2. The van der Waals surface area contributed by atoms with Crippen molar-refractivity contribution in [3.05, 3.63) is 36.6 Å². The van der Waals surface area contributed by atoms with E-state index >= 15 is 0 Å². The van der Waals surface area contributed by atoms with Gasteiger partial charge in [0.1, 0.15) is 5.76 Å². The molecule has 20 heavy (non-hydrogen) atoms. The van der Waals surface area contributed by atoms with Crippen LogP contribution in [0.4, 0.5) is 0 Å². The van der Waals surface area contributed by atoms with Crippen molar-refractivity contribution in [1.82, 2.24) is 0 Å². The summed E-state index contributed by atoms with van der Waals surface area (Å²) in [4.78, 5) is 0. The van der Waals surface area contributed by atoms with Gasteiger partial charge in [0.15, 0.2) is 0 Å². The topological polar surface area (TPSA) is 29.5 Å². The third-order valence-electron chi connectivity index (χ3n) is 3.25. The van der Waals surface area contributed by atoms with Crippen LogP contribution in [0.5, 0.6) is 0 Å². The molecule has 0 bridgehead atoms. The van der Waals surface area contributed by atoms with Crippen LogP contribution in [0, 0.1) is 0 Å². The fourth-order valence-electron chi connectivity index (χ4n) is 2.03. The first-order valence-electron chi connectivity index (χ1n) is 8.04. The van der Waals surface area contributed by atoms with E-state index in [-0.39, 0.29) is 0 Å². The lowest BCUT2D eigenvalue weighted by Gasteiger charge is -2.06. The molecule has 0 aromatic heterocycles. The maximum Gasteiger partial charge on any atom is 0.115 e. The van der Waals surface area contributed by atoms with E-state index in [1.807, 2.05) is 25.2 Å². The summed E-state index contributed by atoms with van der Waals surface area (Å²) in [5.74, 6) is 0.925. The Kier molecular flexibility index (Phi) is 15.2. The number of hydrogen-bond donors (Lipinski definition) is 1. The van der Waals surface area contributed by atoms with Gasteiger partial charge in [-0.1, -0.05) is 63.7 Å². The second-order valence-electron chi connectivity index (χ2n) is 5.04. The van der Waals surface area contributed by atoms with E-state index in [1.54, 1.807) is 6.08 Å². The zero-order chi connectivity index (χ0) is 14.9. The van der Waals surface area contributed by atoms with Crippen molar-refractivity contribution < 1.29 is 9.84 Å². The molecule has 0 aliphatic carbocycles. The summed E-state index contributed by atoms with van der Waals surface area (Å²) in [6.07, 6.45) is 18.6. The second kappa shape index (κ2) is 16.0. The molecule has 0 heterocycles. The third-order valence-corrected chi connectivity index (χ3v) is 3.25. The summed E-state index contributed by atoms with van der Waals surface area (Å²) >= 11 is 0. The van der Waals surface area contributed by atoms with Crippen LogP contribution >= 0.6 is 0 Å². The van der Waals surface area contributed by atoms with E-state index in [2.05, 4.69) is 6.58 Å². The second-order valence-corrected chi connectivity index (χ2v) is 5.04. The Morgan fingerprint density at radius 3 is 2.00 bits per heavy atom. The SMILES string of the molecule is C=C/C=C\C(=C/C)OCCCCCCCCCCCO. The van der Waals surface area contributed by atoms with Gasteiger partial charge in [0.2, 0.25) is 0 Å². The van der Waals surface area contributed by atoms with Gasteiger partial charge in [-0.25, -0.2) is 0 Å². The highest BCUT2D eigenvalue weighted by molar-refractivity contribution is 5.15. The van der Waals surface area contributed by atoms with Gasteiger partial charge in [0.05, 0.1) is 6.61 Å². The highest BCUT2D eigenvalue weighted by Crippen LogP contribution is 2.10. The molecule has 2 nitrogen and oxygen atoms in total. The van der Waals surface area contributed by atoms with Crippen molar-refractivity contribution >= 4 is 0 Å². The minimum Gasteiger partial charge on any atom is -0.494 e. The van der Waals surface area contributed by atoms with E-state index in [1.165, 1.54) is 44.9 Å². The summed E-state index contributed by atoms with van der Waals surface area (Å²) in [5, 5.41) is 8.67. The standard InChI is InChI=1S/C18H32O2/c1-3-5-15-18(4-2)20-17-14-12-10-8-6-7-9-11-13-16-19/h3-5,15,19H,1,6-14,16-17H2,2H3/b15-5-,18-4+. The van der Waals surface area contributed by atoms with Gasteiger partial charge < -0.3 is 9.84 Å². The molecule has 0 fully saturated rings. The Morgan fingerprint density at radius 2 is 1.50 bits per heavy atom. The van der Waals surface area contributed by atoms with E-state index < -0.39 is 0 Å². The van der Waals surface area contributed by atoms with Crippen LogP contribution in [-0.4, -0.2) is 18.3 Å². The molecule has 0 rings (SSSR count). The lowest BCUT2D eigenvalue weighted by Crippen LogP contribution is -1.93. The number of allylic oxidation sites excluding steroid dienone is 4. The van der Waals surface area contributed by atoms with Crippen LogP contribution in [0.2, 0.25) is 0 Å². The number of ether oxygens (including phenoxy) is 1. The van der Waals surface area contributed by atoms with E-state index in [9.17, 15) is 0 Å². The lowest BCUT2D eigenvalue weighted by atomic mass is 10.1. The third kappa shape index (κ3) is 13.4. The molecular formula is C18H32O2. The molecule has 0 saturated carbocycles. The highest BCUT2D eigenvalue weighted by atomic mass is 16.5. The molecule has 0 radical (unpaired) electrons. The largest absolute Gasteiger partial charge is 0.494 e. The lowest BCUT2D eigenvalue weighted by molar-refractivity contribution is 0.216. The first-order chi connectivity index (χ1) is 9.85. The molecule has 0 aliphatic heterocycles. The molecule has 0 aromatic carbocycles. The van der Waals surface area contributed by atoms with Gasteiger partial charge in [-0.05, 0) is 31.9 Å². The molecule has 0 unspecified atom stereocenters. The quantitative estimate of drug-likeness (QED) is 0.271. The zero-order valence-electron chi connectivity index (χ0n) is 13.2. The Balaban J connectivity index is 3.27. The smallest absolute Gasteiger partial charge is 0.115 e. The van der Waals surface area contributed by atoms with E-state index in [4.69, 9.17) is 9.84 Å². The molecule has 116 valence electrons. The highest BCUT2D eigenvalue weighted by Gasteiger charge is 1.94. The van der Waals surface area contributed by atoms with Crippen LogP contribution in [0.25, 0.3) is 0 Å². The Morgan fingerprint density at radius 1 is 0.950 bits per heavy atom. The Bertz CT molecular complexity index is 267. The fourth-order valence-corrected chi connectivity index (χ4v) is 2.03. The fraction of sp³-hybridized carbons (Fsp3) is 0.667. The molecule has 0 saturated heterocycles. The number of aliphatic hydroxyl groups is 1. The first-order valence-corrected chi connectivity index (χ1v) is 8.04. The van der Waals surface area contributed by atoms with Crippen molar-refractivity contribution in [1.29, 1.82) is 0 Å². The maximum atomic E-state index is 8.67. The molecule has 0 spiro atoms. The summed E-state index contributed by atoms with van der Waals surface area (Å²) in [6.45, 7) is 6.78. The summed E-state index contributed by atoms with van der Waals surface area (Å²) in [6, 6.07) is 0. The monoisotopic (exact) mass is 280 g/mol. The molecule has 0 aliphatic rings. The molecule has 2 heteroatoms. The van der Waals surface area contributed by atoms with Crippen LogP contribution in [-0.2, 0) is 4.74 Å². The van der Waals surface area contributed by atoms with Gasteiger partial charge in [0.25, 0.3) is 0 Å². The minimum absolute atomic E-state index is 0.343. The predicted molar refractivity (Wildman–Crippen MR) is 87.7 cm³/mol. The molecular weight excluding hydrogens is 248 g/mol. The maximum absolute atomic E-state index is 8.67. The molecule has 1 N–H and O–H groups in total. The number of rotatable bonds is 14. The van der Waals surface area contributed by atoms with Gasteiger partial charge >= 0.3 is 0 Å². The normalized spacial score (nSPS) is 12.0. The summed E-state index contributed by atoms with van der Waals surface area (Å²) in [5.41, 5.74) is 0. The van der Waals surface area contributed by atoms with Gasteiger partial charge in [-0.15, -0.1) is 0 Å². The van der Waals surface area contributed by atoms with Crippen LogP contribution < -0.4 is 0 Å². The van der Waals surface area contributed by atoms with Crippen molar-refractivity contribution in [3.8, 4) is 0 Å². The van der Waals surface area contributed by atoms with Gasteiger partial charge in [-0.2, -0.15) is 0 Å². The molecule has 0 aromatic rings. The number of unbranched alkanes of at least 4 members (excludes halogenated alkanes) is 8. The van der Waals surface area contributed by atoms with Crippen molar-refractivity contribution in [2.24, 2.45) is 0 Å². The first kappa shape index (κ1) is 19.0. The molecule has 0 amide bonds. The predicted octanol–water partition coefficient (Wildman–Crippen LogP) is 5.15.